The number of hydrogen-bond donors (Lipinski definition) is 0. The minimum absolute atomic E-state index is 0.141. The highest BCUT2D eigenvalue weighted by molar-refractivity contribution is 6.08. The predicted octanol–water partition coefficient (Wildman–Crippen LogP) is 11.8. The molecule has 51 heavy (non-hydrogen) atoms. The summed E-state index contributed by atoms with van der Waals surface area (Å²) in [4.78, 5) is 2.52. The van der Waals surface area contributed by atoms with Crippen molar-refractivity contribution in [2.45, 2.75) is 26.3 Å². The fraction of sp³-hybridized carbons (Fsp3) is 0.0800. The van der Waals surface area contributed by atoms with Gasteiger partial charge in [0.1, 0.15) is 0 Å². The van der Waals surface area contributed by atoms with Gasteiger partial charge in [0.2, 0.25) is 0 Å². The standard InChI is InChI=1S/C50H39N/c1-34-12-6-7-15-43(34)49-32-39(21-20-35(49)2)38-24-28-41(29-25-38)51(40-26-22-37(23-27-40)36-13-4-3-5-14-36)42-30-31-48-46-18-9-8-16-44(46)45-17-10-11-19-47(45)50(48)33-42/h3-29,31-33,42H,30H2,1-2H3. The van der Waals surface area contributed by atoms with Crippen LogP contribution in [-0.4, -0.2) is 6.04 Å². The predicted molar refractivity (Wildman–Crippen MR) is 219 cm³/mol. The lowest BCUT2D eigenvalue weighted by atomic mass is 9.91. The molecule has 0 N–H and O–H groups in total. The summed E-state index contributed by atoms with van der Waals surface area (Å²) >= 11 is 0. The van der Waals surface area contributed by atoms with Crippen molar-refractivity contribution in [1.82, 2.24) is 0 Å². The van der Waals surface area contributed by atoms with E-state index < -0.39 is 0 Å². The molecular weight excluding hydrogens is 615 g/mol. The number of benzene rings is 8. The van der Waals surface area contributed by atoms with Crippen LogP contribution in [0.4, 0.5) is 11.4 Å². The largest absolute Gasteiger partial charge is 0.334 e. The number of hydrogen-bond acceptors (Lipinski definition) is 1. The molecule has 9 rings (SSSR count). The molecule has 1 heteroatoms. The Morgan fingerprint density at radius 1 is 0.412 bits per heavy atom. The lowest BCUT2D eigenvalue weighted by Gasteiger charge is -2.33. The Hall–Kier alpha value is -6.18. The fourth-order valence-corrected chi connectivity index (χ4v) is 8.03. The molecule has 0 amide bonds. The van der Waals surface area contributed by atoms with E-state index in [1.807, 2.05) is 0 Å². The van der Waals surface area contributed by atoms with Crippen molar-refractivity contribution < 1.29 is 0 Å². The Bertz CT molecular complexity index is 2670. The highest BCUT2D eigenvalue weighted by Crippen LogP contribution is 2.36. The Labute approximate surface area is 300 Å². The van der Waals surface area contributed by atoms with Crippen LogP contribution >= 0.6 is 0 Å². The van der Waals surface area contributed by atoms with Crippen LogP contribution in [0.5, 0.6) is 0 Å². The molecule has 0 radical (unpaired) electrons. The molecule has 8 aromatic rings. The van der Waals surface area contributed by atoms with E-state index in [1.165, 1.54) is 87.9 Å². The minimum Gasteiger partial charge on any atom is -0.334 e. The smallest absolute Gasteiger partial charge is 0.0566 e. The maximum Gasteiger partial charge on any atom is 0.0566 e. The van der Waals surface area contributed by atoms with Crippen molar-refractivity contribution in [2.75, 3.05) is 4.90 Å². The minimum atomic E-state index is 0.141. The quantitative estimate of drug-likeness (QED) is 0.161. The number of fused-ring (bicyclic) bond motifs is 6. The van der Waals surface area contributed by atoms with Gasteiger partial charge in [0.05, 0.1) is 6.04 Å². The topological polar surface area (TPSA) is 3.24 Å². The van der Waals surface area contributed by atoms with Crippen LogP contribution in [0, 0.1) is 13.8 Å². The molecule has 0 fully saturated rings. The molecule has 8 aromatic carbocycles. The third-order valence-electron chi connectivity index (χ3n) is 10.7. The van der Waals surface area contributed by atoms with Gasteiger partial charge in [-0.3, -0.25) is 0 Å². The van der Waals surface area contributed by atoms with Crippen LogP contribution in [-0.2, 0) is 0 Å². The van der Waals surface area contributed by atoms with Gasteiger partial charge in [0.25, 0.3) is 0 Å². The molecule has 0 aliphatic heterocycles. The Kier molecular flexibility index (Phi) is 7.82. The number of nitrogens with zero attached hydrogens (tertiary/aromatic N) is 1. The molecule has 0 saturated heterocycles. The average Bonchev–Trinajstić information content (AvgIpc) is 3.19. The van der Waals surface area contributed by atoms with Crippen LogP contribution in [0.25, 0.3) is 67.1 Å². The van der Waals surface area contributed by atoms with Crippen LogP contribution in [0.1, 0.15) is 17.5 Å². The molecule has 0 heterocycles. The Balaban J connectivity index is 1.16. The molecular formula is C50H39N. The first-order chi connectivity index (χ1) is 25.1. The van der Waals surface area contributed by atoms with Gasteiger partial charge in [-0.1, -0.05) is 152 Å². The van der Waals surface area contributed by atoms with Gasteiger partial charge >= 0.3 is 0 Å². The summed E-state index contributed by atoms with van der Waals surface area (Å²) in [5.74, 6) is 0. The first kappa shape index (κ1) is 30.8. The van der Waals surface area contributed by atoms with Crippen molar-refractivity contribution >= 4 is 45.1 Å². The van der Waals surface area contributed by atoms with Gasteiger partial charge in [0, 0.05) is 11.4 Å². The van der Waals surface area contributed by atoms with Gasteiger partial charge in [-0.25, -0.2) is 0 Å². The molecule has 1 atom stereocenters. The third kappa shape index (κ3) is 5.62. The van der Waals surface area contributed by atoms with Crippen LogP contribution < -0.4 is 15.3 Å². The first-order valence-corrected chi connectivity index (χ1v) is 18.0. The second kappa shape index (κ2) is 12.9. The highest BCUT2D eigenvalue weighted by Gasteiger charge is 2.22. The maximum atomic E-state index is 2.52. The van der Waals surface area contributed by atoms with Crippen LogP contribution in [0.15, 0.2) is 170 Å². The zero-order chi connectivity index (χ0) is 34.3. The number of aryl methyl sites for hydroxylation is 2. The summed E-state index contributed by atoms with van der Waals surface area (Å²) in [6.45, 7) is 4.40. The fourth-order valence-electron chi connectivity index (χ4n) is 8.03. The summed E-state index contributed by atoms with van der Waals surface area (Å²) in [5.41, 5.74) is 12.4. The average molecular weight is 654 g/mol. The molecule has 244 valence electrons. The zero-order valence-electron chi connectivity index (χ0n) is 29.1. The van der Waals surface area contributed by atoms with Crippen LogP contribution in [0.3, 0.4) is 0 Å². The third-order valence-corrected chi connectivity index (χ3v) is 10.7. The lowest BCUT2D eigenvalue weighted by molar-refractivity contribution is 0.839. The molecule has 0 saturated carbocycles. The Morgan fingerprint density at radius 2 is 0.902 bits per heavy atom. The van der Waals surface area contributed by atoms with Gasteiger partial charge in [-0.05, 0) is 127 Å². The molecule has 0 bridgehead atoms. The van der Waals surface area contributed by atoms with Crippen molar-refractivity contribution in [2.24, 2.45) is 0 Å². The first-order valence-electron chi connectivity index (χ1n) is 18.0. The van der Waals surface area contributed by atoms with E-state index in [0.717, 1.165) is 6.42 Å². The van der Waals surface area contributed by atoms with E-state index in [0.29, 0.717) is 0 Å². The van der Waals surface area contributed by atoms with E-state index in [1.54, 1.807) is 0 Å². The molecule has 1 aliphatic rings. The van der Waals surface area contributed by atoms with Gasteiger partial charge in [-0.2, -0.15) is 0 Å². The number of anilines is 2. The summed E-state index contributed by atoms with van der Waals surface area (Å²) in [6, 6.07) is 62.3. The monoisotopic (exact) mass is 653 g/mol. The van der Waals surface area contributed by atoms with Gasteiger partial charge in [-0.15, -0.1) is 0 Å². The summed E-state index contributed by atoms with van der Waals surface area (Å²) < 4.78 is 0. The normalized spacial score (nSPS) is 13.7. The second-order valence-corrected chi connectivity index (χ2v) is 13.8. The zero-order valence-corrected chi connectivity index (χ0v) is 29.1. The van der Waals surface area contributed by atoms with Crippen molar-refractivity contribution in [3.05, 3.63) is 191 Å². The molecule has 1 nitrogen and oxygen atoms in total. The van der Waals surface area contributed by atoms with Gasteiger partial charge in [0.15, 0.2) is 0 Å². The number of rotatable bonds is 6. The summed E-state index contributed by atoms with van der Waals surface area (Å²) in [7, 11) is 0. The summed E-state index contributed by atoms with van der Waals surface area (Å²) in [6.07, 6.45) is 5.89. The van der Waals surface area contributed by atoms with Crippen molar-refractivity contribution in [3.8, 4) is 33.4 Å². The van der Waals surface area contributed by atoms with E-state index in [9.17, 15) is 0 Å². The molecule has 0 aromatic heterocycles. The highest BCUT2D eigenvalue weighted by atomic mass is 15.2. The van der Waals surface area contributed by atoms with Gasteiger partial charge < -0.3 is 4.90 Å². The molecule has 1 unspecified atom stereocenters. The SMILES string of the molecule is Cc1ccccc1-c1cc(-c2ccc(N(c3ccc(-c4ccccc4)cc3)C3C=c4c(c5ccccc5c5ccccc45)=CC3)cc2)ccc1C. The molecule has 0 spiro atoms. The summed E-state index contributed by atoms with van der Waals surface area (Å²) in [5, 5.41) is 7.94. The van der Waals surface area contributed by atoms with E-state index in [2.05, 4.69) is 201 Å². The van der Waals surface area contributed by atoms with E-state index in [4.69, 9.17) is 0 Å². The maximum absolute atomic E-state index is 2.52. The van der Waals surface area contributed by atoms with E-state index in [-0.39, 0.29) is 6.04 Å². The Morgan fingerprint density at radius 3 is 1.55 bits per heavy atom. The van der Waals surface area contributed by atoms with Crippen molar-refractivity contribution in [1.29, 1.82) is 0 Å². The van der Waals surface area contributed by atoms with E-state index >= 15 is 0 Å². The lowest BCUT2D eigenvalue weighted by Crippen LogP contribution is -2.38. The van der Waals surface area contributed by atoms with Crippen molar-refractivity contribution in [3.63, 3.8) is 0 Å². The molecule has 1 aliphatic carbocycles. The van der Waals surface area contributed by atoms with Crippen LogP contribution in [0.2, 0.25) is 0 Å². The second-order valence-electron chi connectivity index (χ2n) is 13.8.